The zero-order chi connectivity index (χ0) is 24.1. The maximum Gasteiger partial charge on any atom is 0.272 e. The van der Waals surface area contributed by atoms with Crippen LogP contribution in [0.1, 0.15) is 28.7 Å². The second-order valence-electron chi connectivity index (χ2n) is 7.55. The molecule has 0 aliphatic rings. The molecule has 4 aromatic rings. The molecule has 34 heavy (non-hydrogen) atoms. The normalized spacial score (nSPS) is 13.7. The van der Waals surface area contributed by atoms with Crippen LogP contribution in [-0.4, -0.2) is 17.6 Å². The molecule has 8 heteroatoms. The van der Waals surface area contributed by atoms with E-state index in [9.17, 15) is 14.5 Å². The van der Waals surface area contributed by atoms with E-state index >= 15 is 0 Å². The number of anilines is 1. The van der Waals surface area contributed by atoms with Gasteiger partial charge in [-0.1, -0.05) is 48.5 Å². The molecular weight excluding hydrogens is 467 g/mol. The van der Waals surface area contributed by atoms with Crippen LogP contribution >= 0.6 is 18.7 Å². The summed E-state index contributed by atoms with van der Waals surface area (Å²) in [7, 11) is -3.58. The van der Waals surface area contributed by atoms with Gasteiger partial charge < -0.3 is 9.63 Å². The van der Waals surface area contributed by atoms with Crippen LogP contribution in [0.25, 0.3) is 10.4 Å². The van der Waals surface area contributed by atoms with Gasteiger partial charge in [0.2, 0.25) is 0 Å². The Bertz CT molecular complexity index is 1290. The van der Waals surface area contributed by atoms with Crippen molar-refractivity contribution in [3.05, 3.63) is 108 Å². The minimum Gasteiger partial charge on any atom is -0.378 e. The van der Waals surface area contributed by atoms with Gasteiger partial charge in [0.1, 0.15) is 0 Å². The molecule has 0 fully saturated rings. The van der Waals surface area contributed by atoms with Crippen molar-refractivity contribution in [3.63, 3.8) is 0 Å². The highest BCUT2D eigenvalue weighted by molar-refractivity contribution is 7.67. The first-order valence-corrected chi connectivity index (χ1v) is 13.3. The van der Waals surface area contributed by atoms with Gasteiger partial charge >= 0.3 is 0 Å². The average molecular weight is 493 g/mol. The number of nitrogens with zero attached hydrogens (tertiary/aromatic N) is 1. The van der Waals surface area contributed by atoms with Crippen LogP contribution in [0.5, 0.6) is 0 Å². The summed E-state index contributed by atoms with van der Waals surface area (Å²) in [6.07, 6.45) is 0. The first-order chi connectivity index (χ1) is 16.4. The van der Waals surface area contributed by atoms with Crippen molar-refractivity contribution in [2.75, 3.05) is 11.6 Å². The van der Waals surface area contributed by atoms with Crippen molar-refractivity contribution in [1.82, 2.24) is 0 Å². The number of hydrogen-bond donors (Lipinski definition) is 2. The van der Waals surface area contributed by atoms with Crippen molar-refractivity contribution in [2.24, 2.45) is 5.84 Å². The van der Waals surface area contributed by atoms with Gasteiger partial charge in [-0.2, -0.15) is 0 Å². The van der Waals surface area contributed by atoms with Crippen molar-refractivity contribution in [1.29, 1.82) is 0 Å². The van der Waals surface area contributed by atoms with Gasteiger partial charge in [0.05, 0.1) is 12.3 Å². The van der Waals surface area contributed by atoms with Gasteiger partial charge in [-0.25, -0.2) is 10.9 Å². The highest BCUT2D eigenvalue weighted by Gasteiger charge is 2.36. The van der Waals surface area contributed by atoms with E-state index in [1.807, 2.05) is 35.7 Å². The molecule has 2 atom stereocenters. The minimum absolute atomic E-state index is 0.187. The molecule has 0 saturated heterocycles. The van der Waals surface area contributed by atoms with Crippen molar-refractivity contribution in [3.8, 4) is 10.4 Å². The predicted octanol–water partition coefficient (Wildman–Crippen LogP) is 5.57. The molecule has 2 unspecified atom stereocenters. The number of carbonyl (C=O) groups is 1. The Morgan fingerprint density at radius 2 is 1.76 bits per heavy atom. The third kappa shape index (κ3) is 4.89. The van der Waals surface area contributed by atoms with Crippen LogP contribution in [0.3, 0.4) is 0 Å². The van der Waals surface area contributed by atoms with E-state index in [0.717, 1.165) is 15.4 Å². The summed E-state index contributed by atoms with van der Waals surface area (Å²) in [4.78, 5) is 14.1. The van der Waals surface area contributed by atoms with Crippen LogP contribution in [-0.2, 0) is 9.09 Å². The molecular formula is C26H25N2O4PS. The quantitative estimate of drug-likeness (QED) is 0.145. The van der Waals surface area contributed by atoms with Gasteiger partial charge in [0, 0.05) is 15.7 Å². The van der Waals surface area contributed by atoms with E-state index in [1.165, 1.54) is 0 Å². The van der Waals surface area contributed by atoms with E-state index in [2.05, 4.69) is 0 Å². The van der Waals surface area contributed by atoms with Crippen LogP contribution in [0.4, 0.5) is 5.69 Å². The summed E-state index contributed by atoms with van der Waals surface area (Å²) >= 11 is 1.61. The Hall–Kier alpha value is -3.06. The van der Waals surface area contributed by atoms with Gasteiger partial charge in [-0.15, -0.1) is 11.3 Å². The van der Waals surface area contributed by atoms with Gasteiger partial charge in [0.15, 0.2) is 5.85 Å². The summed E-state index contributed by atoms with van der Waals surface area (Å²) in [5.74, 6) is 4.38. The third-order valence-electron chi connectivity index (χ3n) is 5.36. The Labute approximate surface area is 202 Å². The molecule has 0 aliphatic heterocycles. The van der Waals surface area contributed by atoms with E-state index in [-0.39, 0.29) is 6.61 Å². The highest BCUT2D eigenvalue weighted by atomic mass is 32.1. The monoisotopic (exact) mass is 492 g/mol. The van der Waals surface area contributed by atoms with Gasteiger partial charge in [0.25, 0.3) is 13.3 Å². The maximum absolute atomic E-state index is 13.6. The SMILES string of the molecule is CCOP(=O)(c1ccccc1)C(O)c1ccc(C(=O)N(N)c2cccc(-c3cccs3)c2)cc1. The number of aliphatic hydroxyl groups excluding tert-OH is 1. The lowest BCUT2D eigenvalue weighted by Gasteiger charge is -2.24. The molecule has 0 bridgehead atoms. The number of hydrazine groups is 1. The lowest BCUT2D eigenvalue weighted by Crippen LogP contribution is -2.37. The maximum atomic E-state index is 13.6. The number of rotatable bonds is 8. The number of thiophene rings is 1. The molecule has 1 aromatic heterocycles. The standard InChI is InChI=1S/C26H25N2O4PS/c1-2-32-33(31,23-10-4-3-5-11-23)26(30)20-15-13-19(14-16-20)25(29)28(27)22-9-6-8-21(18-22)24-12-7-17-34-24/h3-18,26,30H,2,27H2,1H3. The number of amides is 1. The molecule has 6 nitrogen and oxygen atoms in total. The fraction of sp³-hybridized carbons (Fsp3) is 0.115. The molecule has 0 spiro atoms. The minimum atomic E-state index is -3.58. The smallest absolute Gasteiger partial charge is 0.272 e. The summed E-state index contributed by atoms with van der Waals surface area (Å²) in [6, 6.07) is 26.3. The zero-order valence-corrected chi connectivity index (χ0v) is 20.3. The first-order valence-electron chi connectivity index (χ1n) is 10.7. The lowest BCUT2D eigenvalue weighted by molar-refractivity contribution is 0.0987. The van der Waals surface area contributed by atoms with E-state index in [1.54, 1.807) is 78.9 Å². The highest BCUT2D eigenvalue weighted by Crippen LogP contribution is 2.57. The number of nitrogens with two attached hydrogens (primary N) is 1. The topological polar surface area (TPSA) is 92.9 Å². The Morgan fingerprint density at radius 3 is 2.41 bits per heavy atom. The van der Waals surface area contributed by atoms with Crippen LogP contribution in [0, 0.1) is 0 Å². The molecule has 4 rings (SSSR count). The Kier molecular flexibility index (Phi) is 7.41. The number of benzene rings is 3. The first kappa shape index (κ1) is 24.1. The molecule has 0 aliphatic carbocycles. The molecule has 1 heterocycles. The molecule has 174 valence electrons. The van der Waals surface area contributed by atoms with E-state index in [4.69, 9.17) is 10.4 Å². The van der Waals surface area contributed by atoms with Gasteiger partial charge in [-0.05, 0) is 65.9 Å². The third-order valence-corrected chi connectivity index (χ3v) is 8.88. The number of hydrogen-bond acceptors (Lipinski definition) is 6. The number of aliphatic hydroxyl groups is 1. The summed E-state index contributed by atoms with van der Waals surface area (Å²) in [5, 5.41) is 14.5. The average Bonchev–Trinajstić information content (AvgIpc) is 3.43. The van der Waals surface area contributed by atoms with Gasteiger partial charge in [-0.3, -0.25) is 9.36 Å². The summed E-state index contributed by atoms with van der Waals surface area (Å²) in [6.45, 7) is 1.92. The van der Waals surface area contributed by atoms with Crippen molar-refractivity contribution >= 4 is 35.6 Å². The Balaban J connectivity index is 1.56. The molecule has 3 N–H and O–H groups in total. The largest absolute Gasteiger partial charge is 0.378 e. The summed E-state index contributed by atoms with van der Waals surface area (Å²) in [5.41, 5.74) is 2.26. The lowest BCUT2D eigenvalue weighted by atomic mass is 10.1. The molecule has 3 aromatic carbocycles. The fourth-order valence-corrected chi connectivity index (χ4v) is 6.45. The zero-order valence-electron chi connectivity index (χ0n) is 18.6. The van der Waals surface area contributed by atoms with Crippen molar-refractivity contribution in [2.45, 2.75) is 12.8 Å². The molecule has 1 amide bonds. The fourth-order valence-electron chi connectivity index (χ4n) is 3.62. The van der Waals surface area contributed by atoms with Crippen molar-refractivity contribution < 1.29 is 19.0 Å². The number of carbonyl (C=O) groups excluding carboxylic acids is 1. The van der Waals surface area contributed by atoms with Crippen LogP contribution < -0.4 is 16.2 Å². The van der Waals surface area contributed by atoms with E-state index < -0.39 is 19.1 Å². The van der Waals surface area contributed by atoms with Crippen LogP contribution in [0.15, 0.2) is 96.4 Å². The summed E-state index contributed by atoms with van der Waals surface area (Å²) < 4.78 is 19.1. The molecule has 0 saturated carbocycles. The second kappa shape index (κ2) is 10.5. The Morgan fingerprint density at radius 1 is 1.03 bits per heavy atom. The van der Waals surface area contributed by atoms with Crippen LogP contribution in [0.2, 0.25) is 0 Å². The predicted molar refractivity (Wildman–Crippen MR) is 137 cm³/mol. The second-order valence-corrected chi connectivity index (χ2v) is 11.0. The molecule has 0 radical (unpaired) electrons. The van der Waals surface area contributed by atoms with E-state index in [0.29, 0.717) is 22.1 Å².